The van der Waals surface area contributed by atoms with E-state index >= 15 is 0 Å². The molecule has 0 aromatic heterocycles. The summed E-state index contributed by atoms with van der Waals surface area (Å²) in [6.45, 7) is 4.98. The van der Waals surface area contributed by atoms with Gasteiger partial charge < -0.3 is 15.2 Å². The van der Waals surface area contributed by atoms with E-state index in [0.717, 1.165) is 10.2 Å². The first-order chi connectivity index (χ1) is 8.99. The van der Waals surface area contributed by atoms with E-state index < -0.39 is 12.0 Å². The minimum atomic E-state index is -0.808. The van der Waals surface area contributed by atoms with Gasteiger partial charge in [0, 0.05) is 11.0 Å². The molecule has 1 rings (SSSR count). The Labute approximate surface area is 122 Å². The van der Waals surface area contributed by atoms with Gasteiger partial charge in [-0.2, -0.15) is 0 Å². The summed E-state index contributed by atoms with van der Waals surface area (Å²) in [5.74, 6) is 0.319. The van der Waals surface area contributed by atoms with Crippen LogP contribution < -0.4 is 10.1 Å². The van der Waals surface area contributed by atoms with E-state index in [-0.39, 0.29) is 0 Å². The Balaban J connectivity index is 2.28. The normalized spacial score (nSPS) is 12.4. The highest BCUT2D eigenvalue weighted by atomic mass is 79.9. The van der Waals surface area contributed by atoms with Crippen molar-refractivity contribution in [2.45, 2.75) is 26.3 Å². The SMILES string of the molecule is CC(C)CC(NCCOc1ccc(Br)cc1)C(=O)O. The van der Waals surface area contributed by atoms with Crippen LogP contribution >= 0.6 is 15.9 Å². The first kappa shape index (κ1) is 16.0. The molecule has 2 N–H and O–H groups in total. The smallest absolute Gasteiger partial charge is 0.320 e. The number of hydrogen-bond acceptors (Lipinski definition) is 3. The summed E-state index contributed by atoms with van der Waals surface area (Å²) in [5, 5.41) is 12.1. The molecule has 0 bridgehead atoms. The molecule has 5 heteroatoms. The van der Waals surface area contributed by atoms with Crippen LogP contribution in [0, 0.1) is 5.92 Å². The number of carboxylic acid groups (broad SMARTS) is 1. The Morgan fingerprint density at radius 2 is 2.00 bits per heavy atom. The van der Waals surface area contributed by atoms with E-state index in [1.54, 1.807) is 0 Å². The Hall–Kier alpha value is -1.07. The van der Waals surface area contributed by atoms with Crippen LogP contribution in [0.3, 0.4) is 0 Å². The Morgan fingerprint density at radius 1 is 1.37 bits per heavy atom. The fraction of sp³-hybridized carbons (Fsp3) is 0.500. The monoisotopic (exact) mass is 329 g/mol. The van der Waals surface area contributed by atoms with Gasteiger partial charge in [0.15, 0.2) is 0 Å². The second-order valence-corrected chi connectivity index (χ2v) is 5.69. The molecule has 0 aliphatic rings. The highest BCUT2D eigenvalue weighted by Gasteiger charge is 2.17. The largest absolute Gasteiger partial charge is 0.492 e. The summed E-state index contributed by atoms with van der Waals surface area (Å²) >= 11 is 3.35. The molecule has 0 radical (unpaired) electrons. The van der Waals surface area contributed by atoms with Crippen LogP contribution in [0.1, 0.15) is 20.3 Å². The molecule has 1 aromatic carbocycles. The molecular formula is C14H20BrNO3. The molecular weight excluding hydrogens is 310 g/mol. The van der Waals surface area contributed by atoms with Gasteiger partial charge in [-0.25, -0.2) is 0 Å². The molecule has 106 valence electrons. The van der Waals surface area contributed by atoms with Gasteiger partial charge in [-0.1, -0.05) is 29.8 Å². The molecule has 0 aliphatic heterocycles. The summed E-state index contributed by atoms with van der Waals surface area (Å²) in [4.78, 5) is 11.0. The number of carboxylic acids is 1. The van der Waals surface area contributed by atoms with Crippen LogP contribution in [-0.4, -0.2) is 30.3 Å². The third-order valence-corrected chi connectivity index (χ3v) is 3.11. The topological polar surface area (TPSA) is 58.6 Å². The van der Waals surface area contributed by atoms with Crippen LogP contribution in [-0.2, 0) is 4.79 Å². The second-order valence-electron chi connectivity index (χ2n) is 4.78. The Kier molecular flexibility index (Phi) is 6.87. The van der Waals surface area contributed by atoms with Crippen molar-refractivity contribution in [3.8, 4) is 5.75 Å². The minimum Gasteiger partial charge on any atom is -0.492 e. The second kappa shape index (κ2) is 8.17. The fourth-order valence-electron chi connectivity index (χ4n) is 1.68. The number of halogens is 1. The van der Waals surface area contributed by atoms with Crippen molar-refractivity contribution in [3.63, 3.8) is 0 Å². The van der Waals surface area contributed by atoms with Crippen molar-refractivity contribution in [2.75, 3.05) is 13.2 Å². The van der Waals surface area contributed by atoms with Gasteiger partial charge in [-0.3, -0.25) is 4.79 Å². The summed E-state index contributed by atoms with van der Waals surface area (Å²) in [6, 6.07) is 7.04. The van der Waals surface area contributed by atoms with E-state index in [0.29, 0.717) is 25.5 Å². The lowest BCUT2D eigenvalue weighted by Crippen LogP contribution is -2.39. The van der Waals surface area contributed by atoms with Crippen LogP contribution in [0.15, 0.2) is 28.7 Å². The molecule has 0 heterocycles. The standard InChI is InChI=1S/C14H20BrNO3/c1-10(2)9-13(14(17)18)16-7-8-19-12-5-3-11(15)4-6-12/h3-6,10,13,16H,7-9H2,1-2H3,(H,17,18). The quantitative estimate of drug-likeness (QED) is 0.720. The Morgan fingerprint density at radius 3 is 2.53 bits per heavy atom. The van der Waals surface area contributed by atoms with Crippen molar-refractivity contribution >= 4 is 21.9 Å². The zero-order valence-electron chi connectivity index (χ0n) is 11.2. The predicted molar refractivity (Wildman–Crippen MR) is 78.5 cm³/mol. The van der Waals surface area contributed by atoms with Gasteiger partial charge in [0.25, 0.3) is 0 Å². The van der Waals surface area contributed by atoms with E-state index in [4.69, 9.17) is 9.84 Å². The molecule has 19 heavy (non-hydrogen) atoms. The molecule has 4 nitrogen and oxygen atoms in total. The first-order valence-electron chi connectivity index (χ1n) is 6.33. The predicted octanol–water partition coefficient (Wildman–Crippen LogP) is 2.92. The minimum absolute atomic E-state index is 0.348. The van der Waals surface area contributed by atoms with Gasteiger partial charge in [0.05, 0.1) is 0 Å². The zero-order valence-corrected chi connectivity index (χ0v) is 12.8. The number of aliphatic carboxylic acids is 1. The molecule has 0 fully saturated rings. The lowest BCUT2D eigenvalue weighted by atomic mass is 10.0. The lowest BCUT2D eigenvalue weighted by Gasteiger charge is -2.16. The third-order valence-electron chi connectivity index (χ3n) is 2.58. The number of benzene rings is 1. The molecule has 1 unspecified atom stereocenters. The highest BCUT2D eigenvalue weighted by Crippen LogP contribution is 2.15. The van der Waals surface area contributed by atoms with E-state index in [9.17, 15) is 4.79 Å². The van der Waals surface area contributed by atoms with Crippen LogP contribution in [0.2, 0.25) is 0 Å². The summed E-state index contributed by atoms with van der Waals surface area (Å²) in [7, 11) is 0. The number of hydrogen-bond donors (Lipinski definition) is 2. The van der Waals surface area contributed by atoms with Gasteiger partial charge in [0.2, 0.25) is 0 Å². The van der Waals surface area contributed by atoms with E-state index in [1.165, 1.54) is 0 Å². The number of ether oxygens (including phenoxy) is 1. The van der Waals surface area contributed by atoms with Gasteiger partial charge in [-0.15, -0.1) is 0 Å². The summed E-state index contributed by atoms with van der Waals surface area (Å²) < 4.78 is 6.52. The van der Waals surface area contributed by atoms with E-state index in [2.05, 4.69) is 21.2 Å². The maximum atomic E-state index is 11.0. The maximum absolute atomic E-state index is 11.0. The first-order valence-corrected chi connectivity index (χ1v) is 7.13. The van der Waals surface area contributed by atoms with Crippen molar-refractivity contribution in [1.29, 1.82) is 0 Å². The zero-order chi connectivity index (χ0) is 14.3. The average molecular weight is 330 g/mol. The van der Waals surface area contributed by atoms with Crippen LogP contribution in [0.4, 0.5) is 0 Å². The van der Waals surface area contributed by atoms with Crippen molar-refractivity contribution in [2.24, 2.45) is 5.92 Å². The van der Waals surface area contributed by atoms with Crippen molar-refractivity contribution in [1.82, 2.24) is 5.32 Å². The lowest BCUT2D eigenvalue weighted by molar-refractivity contribution is -0.139. The van der Waals surface area contributed by atoms with Crippen molar-refractivity contribution in [3.05, 3.63) is 28.7 Å². The molecule has 0 saturated carbocycles. The summed E-state index contributed by atoms with van der Waals surface area (Å²) in [5.41, 5.74) is 0. The van der Waals surface area contributed by atoms with Crippen LogP contribution in [0.5, 0.6) is 5.75 Å². The number of nitrogens with one attached hydrogen (secondary N) is 1. The molecule has 0 aliphatic carbocycles. The number of rotatable bonds is 8. The maximum Gasteiger partial charge on any atom is 0.320 e. The summed E-state index contributed by atoms with van der Waals surface area (Å²) in [6.07, 6.45) is 0.619. The molecule has 0 amide bonds. The number of carbonyl (C=O) groups is 1. The van der Waals surface area contributed by atoms with Gasteiger partial charge >= 0.3 is 5.97 Å². The van der Waals surface area contributed by atoms with Gasteiger partial charge in [-0.05, 0) is 36.6 Å². The average Bonchev–Trinajstić information content (AvgIpc) is 2.34. The third kappa shape index (κ3) is 6.59. The van der Waals surface area contributed by atoms with Gasteiger partial charge in [0.1, 0.15) is 18.4 Å². The fourth-order valence-corrected chi connectivity index (χ4v) is 1.94. The highest BCUT2D eigenvalue weighted by molar-refractivity contribution is 9.10. The Bertz CT molecular complexity index is 392. The van der Waals surface area contributed by atoms with Crippen LogP contribution in [0.25, 0.3) is 0 Å². The molecule has 0 spiro atoms. The van der Waals surface area contributed by atoms with E-state index in [1.807, 2.05) is 38.1 Å². The molecule has 1 aromatic rings. The van der Waals surface area contributed by atoms with Crippen molar-refractivity contribution < 1.29 is 14.6 Å². The molecule has 1 atom stereocenters. The molecule has 0 saturated heterocycles.